The Balaban J connectivity index is 1.78. The maximum absolute atomic E-state index is 11.8. The van der Waals surface area contributed by atoms with Gasteiger partial charge in [-0.1, -0.05) is 25.1 Å². The van der Waals surface area contributed by atoms with Gasteiger partial charge in [-0.25, -0.2) is 0 Å². The Kier molecular flexibility index (Phi) is 5.42. The minimum absolute atomic E-state index is 0.226. The van der Waals surface area contributed by atoms with Crippen LogP contribution in [-0.4, -0.2) is 29.0 Å². The Morgan fingerprint density at radius 1 is 1.26 bits per heavy atom. The molecule has 1 amide bonds. The van der Waals surface area contributed by atoms with Crippen molar-refractivity contribution in [3.05, 3.63) is 36.0 Å². The van der Waals surface area contributed by atoms with Crippen molar-refractivity contribution < 1.29 is 14.3 Å². The molecule has 0 radical (unpaired) electrons. The fourth-order valence-electron chi connectivity index (χ4n) is 2.30. The number of benzene rings is 1. The van der Waals surface area contributed by atoms with Crippen LogP contribution in [0.5, 0.6) is 0 Å². The number of rotatable bonds is 7. The number of amides is 1. The minimum Gasteiger partial charge on any atom is -0.456 e. The van der Waals surface area contributed by atoms with Crippen LogP contribution in [0, 0.1) is 0 Å². The standard InChI is InChI=1S/C18H24N2O3/c1-4-18(2,3)20-16(21)12-23-17(22)10-9-13-11-19-15-8-6-5-7-14(13)15/h5-8,11,19H,4,9-10,12H2,1-3H3,(H,20,21). The number of hydrogen-bond donors (Lipinski definition) is 2. The monoisotopic (exact) mass is 316 g/mol. The molecule has 0 spiro atoms. The first-order chi connectivity index (χ1) is 10.9. The largest absolute Gasteiger partial charge is 0.456 e. The third-order valence-electron chi connectivity index (χ3n) is 4.00. The minimum atomic E-state index is -0.361. The molecule has 0 unspecified atom stereocenters. The molecule has 2 rings (SSSR count). The molecule has 5 nitrogen and oxygen atoms in total. The highest BCUT2D eigenvalue weighted by Crippen LogP contribution is 2.19. The van der Waals surface area contributed by atoms with Crippen molar-refractivity contribution in [2.24, 2.45) is 0 Å². The maximum atomic E-state index is 11.8. The summed E-state index contributed by atoms with van der Waals surface area (Å²) in [6.45, 7) is 5.64. The molecule has 0 saturated heterocycles. The summed E-state index contributed by atoms with van der Waals surface area (Å²) < 4.78 is 5.04. The Morgan fingerprint density at radius 2 is 2.00 bits per heavy atom. The van der Waals surface area contributed by atoms with Crippen LogP contribution in [0.15, 0.2) is 30.5 Å². The number of H-pyrrole nitrogens is 1. The van der Waals surface area contributed by atoms with E-state index in [4.69, 9.17) is 4.74 Å². The molecule has 1 heterocycles. The lowest BCUT2D eigenvalue weighted by molar-refractivity contribution is -0.149. The number of carbonyl (C=O) groups excluding carboxylic acids is 2. The lowest BCUT2D eigenvalue weighted by atomic mass is 10.0. The molecule has 0 aliphatic heterocycles. The van der Waals surface area contributed by atoms with E-state index in [1.807, 2.05) is 51.2 Å². The first kappa shape index (κ1) is 17.1. The Hall–Kier alpha value is -2.30. The van der Waals surface area contributed by atoms with E-state index < -0.39 is 0 Å². The maximum Gasteiger partial charge on any atom is 0.306 e. The summed E-state index contributed by atoms with van der Waals surface area (Å²) in [6, 6.07) is 7.95. The van der Waals surface area contributed by atoms with E-state index in [0.29, 0.717) is 6.42 Å². The predicted molar refractivity (Wildman–Crippen MR) is 90.1 cm³/mol. The highest BCUT2D eigenvalue weighted by Gasteiger charge is 2.18. The smallest absolute Gasteiger partial charge is 0.306 e. The number of nitrogens with one attached hydrogen (secondary N) is 2. The van der Waals surface area contributed by atoms with Gasteiger partial charge in [-0.15, -0.1) is 0 Å². The van der Waals surface area contributed by atoms with Crippen molar-refractivity contribution >= 4 is 22.8 Å². The molecule has 0 aliphatic carbocycles. The molecule has 5 heteroatoms. The summed E-state index contributed by atoms with van der Waals surface area (Å²) in [5.74, 6) is -0.628. The summed E-state index contributed by atoms with van der Waals surface area (Å²) in [6.07, 6.45) is 3.57. The van der Waals surface area contributed by atoms with Crippen molar-refractivity contribution in [1.82, 2.24) is 10.3 Å². The molecule has 0 fully saturated rings. The van der Waals surface area contributed by atoms with E-state index in [2.05, 4.69) is 10.3 Å². The van der Waals surface area contributed by atoms with Crippen LogP contribution in [-0.2, 0) is 20.7 Å². The number of aromatic amines is 1. The van der Waals surface area contributed by atoms with Gasteiger partial charge in [-0.3, -0.25) is 9.59 Å². The van der Waals surface area contributed by atoms with Gasteiger partial charge >= 0.3 is 5.97 Å². The van der Waals surface area contributed by atoms with E-state index >= 15 is 0 Å². The number of ether oxygens (including phenoxy) is 1. The summed E-state index contributed by atoms with van der Waals surface area (Å²) in [7, 11) is 0. The van der Waals surface area contributed by atoms with Crippen molar-refractivity contribution in [3.8, 4) is 0 Å². The summed E-state index contributed by atoms with van der Waals surface area (Å²) in [4.78, 5) is 26.7. The molecule has 0 bridgehead atoms. The van der Waals surface area contributed by atoms with E-state index in [1.54, 1.807) is 0 Å². The second-order valence-corrected chi connectivity index (χ2v) is 6.31. The van der Waals surface area contributed by atoms with Gasteiger partial charge < -0.3 is 15.0 Å². The molecular formula is C18H24N2O3. The summed E-state index contributed by atoms with van der Waals surface area (Å²) in [5.41, 5.74) is 1.85. The number of aryl methyl sites for hydroxylation is 1. The van der Waals surface area contributed by atoms with Gasteiger partial charge in [-0.05, 0) is 38.3 Å². The normalized spacial score (nSPS) is 11.4. The zero-order valence-corrected chi connectivity index (χ0v) is 13.9. The van der Waals surface area contributed by atoms with E-state index in [0.717, 1.165) is 22.9 Å². The second-order valence-electron chi connectivity index (χ2n) is 6.31. The van der Waals surface area contributed by atoms with Crippen LogP contribution < -0.4 is 5.32 Å². The van der Waals surface area contributed by atoms with Gasteiger partial charge in [-0.2, -0.15) is 0 Å². The zero-order chi connectivity index (χ0) is 16.9. The molecule has 0 saturated carbocycles. The highest BCUT2D eigenvalue weighted by molar-refractivity contribution is 5.84. The van der Waals surface area contributed by atoms with Gasteiger partial charge in [0.05, 0.1) is 0 Å². The van der Waals surface area contributed by atoms with Crippen molar-refractivity contribution in [2.75, 3.05) is 6.61 Å². The molecule has 2 N–H and O–H groups in total. The molecule has 23 heavy (non-hydrogen) atoms. The SMILES string of the molecule is CCC(C)(C)NC(=O)COC(=O)CCc1c[nH]c2ccccc12. The van der Waals surface area contributed by atoms with Gasteiger partial charge in [0.2, 0.25) is 0 Å². The number of esters is 1. The number of aromatic nitrogens is 1. The first-order valence-electron chi connectivity index (χ1n) is 7.93. The topological polar surface area (TPSA) is 71.2 Å². The molecule has 124 valence electrons. The molecule has 0 aliphatic rings. The molecule has 1 aromatic carbocycles. The summed E-state index contributed by atoms with van der Waals surface area (Å²) >= 11 is 0. The quantitative estimate of drug-likeness (QED) is 0.772. The van der Waals surface area contributed by atoms with Crippen LogP contribution in [0.1, 0.15) is 39.2 Å². The number of hydrogen-bond acceptors (Lipinski definition) is 3. The van der Waals surface area contributed by atoms with Crippen LogP contribution in [0.25, 0.3) is 10.9 Å². The Bertz CT molecular complexity index is 688. The Morgan fingerprint density at radius 3 is 2.74 bits per heavy atom. The van der Waals surface area contributed by atoms with Gasteiger partial charge in [0.25, 0.3) is 5.91 Å². The lowest BCUT2D eigenvalue weighted by Gasteiger charge is -2.24. The highest BCUT2D eigenvalue weighted by atomic mass is 16.5. The molecule has 1 aromatic heterocycles. The van der Waals surface area contributed by atoms with Crippen LogP contribution >= 0.6 is 0 Å². The van der Waals surface area contributed by atoms with Gasteiger partial charge in [0.15, 0.2) is 6.61 Å². The average molecular weight is 316 g/mol. The Labute approximate surface area is 136 Å². The first-order valence-corrected chi connectivity index (χ1v) is 7.93. The van der Waals surface area contributed by atoms with E-state index in [-0.39, 0.29) is 30.4 Å². The van der Waals surface area contributed by atoms with E-state index in [1.165, 1.54) is 0 Å². The number of para-hydroxylation sites is 1. The average Bonchev–Trinajstić information content (AvgIpc) is 2.94. The second kappa shape index (κ2) is 7.31. The summed E-state index contributed by atoms with van der Waals surface area (Å²) in [5, 5.41) is 3.95. The third kappa shape index (κ3) is 4.84. The molecule has 0 atom stereocenters. The van der Waals surface area contributed by atoms with Crippen molar-refractivity contribution in [1.29, 1.82) is 0 Å². The zero-order valence-electron chi connectivity index (χ0n) is 13.9. The van der Waals surface area contributed by atoms with Gasteiger partial charge in [0, 0.05) is 29.1 Å². The van der Waals surface area contributed by atoms with E-state index in [9.17, 15) is 9.59 Å². The van der Waals surface area contributed by atoms with Crippen molar-refractivity contribution in [3.63, 3.8) is 0 Å². The molecule has 2 aromatic rings. The number of fused-ring (bicyclic) bond motifs is 1. The van der Waals surface area contributed by atoms with Gasteiger partial charge in [0.1, 0.15) is 0 Å². The lowest BCUT2D eigenvalue weighted by Crippen LogP contribution is -2.44. The predicted octanol–water partition coefficient (Wildman–Crippen LogP) is 2.95. The molecular weight excluding hydrogens is 292 g/mol. The van der Waals surface area contributed by atoms with Crippen molar-refractivity contribution in [2.45, 2.75) is 45.6 Å². The van der Waals surface area contributed by atoms with Crippen LogP contribution in [0.4, 0.5) is 0 Å². The van der Waals surface area contributed by atoms with Crippen LogP contribution in [0.3, 0.4) is 0 Å². The fourth-order valence-corrected chi connectivity index (χ4v) is 2.30. The number of carbonyl (C=O) groups is 2. The third-order valence-corrected chi connectivity index (χ3v) is 4.00. The van der Waals surface area contributed by atoms with Crippen LogP contribution in [0.2, 0.25) is 0 Å². The fraction of sp³-hybridized carbons (Fsp3) is 0.444.